The summed E-state index contributed by atoms with van der Waals surface area (Å²) >= 11 is 5.67. The second kappa shape index (κ2) is 10.9. The molecule has 0 radical (unpaired) electrons. The number of carboxylic acid groups (broad SMARTS) is 1. The summed E-state index contributed by atoms with van der Waals surface area (Å²) in [5.41, 5.74) is -0.703. The monoisotopic (exact) mass is 415 g/mol. The molecule has 160 valence electrons. The van der Waals surface area contributed by atoms with Gasteiger partial charge in [-0.15, -0.1) is 0 Å². The molecule has 2 fully saturated rings. The minimum Gasteiger partial charge on any atom is -0.479 e. The quantitative estimate of drug-likeness (QED) is 0.446. The van der Waals surface area contributed by atoms with Crippen LogP contribution in [0.25, 0.3) is 0 Å². The van der Waals surface area contributed by atoms with E-state index in [0.717, 1.165) is 32.1 Å². The highest BCUT2D eigenvalue weighted by Crippen LogP contribution is 2.30. The first kappa shape index (κ1) is 22.8. The van der Waals surface area contributed by atoms with Crippen LogP contribution in [0.2, 0.25) is 0 Å². The number of thiocarbonyl (C=S) groups is 1. The lowest BCUT2D eigenvalue weighted by atomic mass is 9.81. The zero-order valence-corrected chi connectivity index (χ0v) is 17.4. The van der Waals surface area contributed by atoms with E-state index in [1.165, 1.54) is 0 Å². The summed E-state index contributed by atoms with van der Waals surface area (Å²) < 4.78 is 5.31. The number of carbonyl (C=O) groups is 2. The number of carbonyl (C=O) groups excluding carboxylic acids is 1. The molecule has 1 saturated carbocycles. The van der Waals surface area contributed by atoms with Gasteiger partial charge in [0, 0.05) is 13.1 Å². The predicted octanol–water partition coefficient (Wildman–Crippen LogP) is 1.65. The van der Waals surface area contributed by atoms with Crippen molar-refractivity contribution in [1.29, 1.82) is 0 Å². The molecule has 1 aliphatic carbocycles. The van der Waals surface area contributed by atoms with Gasteiger partial charge in [0.2, 0.25) is 0 Å². The lowest BCUT2D eigenvalue weighted by Crippen LogP contribution is -2.64. The van der Waals surface area contributed by atoms with Crippen LogP contribution >= 0.6 is 12.2 Å². The van der Waals surface area contributed by atoms with E-state index < -0.39 is 23.7 Å². The Balaban J connectivity index is 2.11. The van der Waals surface area contributed by atoms with Gasteiger partial charge in [-0.25, -0.2) is 9.59 Å². The Bertz CT molecular complexity index is 548. The first-order chi connectivity index (χ1) is 13.4. The number of rotatable bonds is 8. The fourth-order valence-electron chi connectivity index (χ4n) is 3.83. The number of hydrogen-bond acceptors (Lipinski definition) is 5. The molecule has 0 aromatic carbocycles. The molecule has 4 N–H and O–H groups in total. The fraction of sp³-hybridized carbons (Fsp3) is 0.842. The fourth-order valence-corrected chi connectivity index (χ4v) is 4.23. The Hall–Kier alpha value is -1.45. The predicted molar refractivity (Wildman–Crippen MR) is 109 cm³/mol. The van der Waals surface area contributed by atoms with Crippen molar-refractivity contribution in [3.05, 3.63) is 0 Å². The van der Waals surface area contributed by atoms with Crippen LogP contribution in [0.15, 0.2) is 0 Å². The van der Waals surface area contributed by atoms with Crippen LogP contribution < -0.4 is 10.6 Å². The van der Waals surface area contributed by atoms with Crippen molar-refractivity contribution in [1.82, 2.24) is 15.5 Å². The smallest absolute Gasteiger partial charge is 0.334 e. The maximum absolute atomic E-state index is 12.8. The second-order valence-electron chi connectivity index (χ2n) is 7.68. The molecule has 28 heavy (non-hydrogen) atoms. The third-order valence-electron chi connectivity index (χ3n) is 5.61. The molecule has 2 atom stereocenters. The van der Waals surface area contributed by atoms with Crippen LogP contribution in [-0.2, 0) is 9.53 Å². The highest BCUT2D eigenvalue weighted by molar-refractivity contribution is 7.80. The van der Waals surface area contributed by atoms with Gasteiger partial charge in [0.15, 0.2) is 6.10 Å². The van der Waals surface area contributed by atoms with Crippen molar-refractivity contribution in [3.63, 3.8) is 0 Å². The number of amides is 2. The van der Waals surface area contributed by atoms with Crippen molar-refractivity contribution >= 4 is 29.2 Å². The zero-order valence-electron chi connectivity index (χ0n) is 16.6. The summed E-state index contributed by atoms with van der Waals surface area (Å²) in [5.74, 6) is -1.27. The number of aliphatic hydroxyl groups excluding tert-OH is 1. The van der Waals surface area contributed by atoms with Gasteiger partial charge in [-0.2, -0.15) is 0 Å². The molecular formula is C19H33N3O5S. The van der Waals surface area contributed by atoms with Gasteiger partial charge in [-0.1, -0.05) is 51.2 Å². The molecule has 1 saturated heterocycles. The van der Waals surface area contributed by atoms with Crippen LogP contribution in [0.5, 0.6) is 0 Å². The topological polar surface area (TPSA) is 111 Å². The third kappa shape index (κ3) is 6.02. The molecule has 0 spiro atoms. The largest absolute Gasteiger partial charge is 0.479 e. The molecule has 2 rings (SSSR count). The molecule has 0 bridgehead atoms. The van der Waals surface area contributed by atoms with Crippen molar-refractivity contribution in [3.8, 4) is 0 Å². The van der Waals surface area contributed by atoms with Gasteiger partial charge < -0.3 is 30.5 Å². The minimum absolute atomic E-state index is 0.168. The second-order valence-corrected chi connectivity index (χ2v) is 8.09. The summed E-state index contributed by atoms with van der Waals surface area (Å²) in [4.78, 5) is 26.3. The normalized spacial score (nSPS) is 21.4. The minimum atomic E-state index is -1.54. The number of nitrogens with zero attached hydrogens (tertiary/aromatic N) is 1. The van der Waals surface area contributed by atoms with Gasteiger partial charge in [0.05, 0.1) is 24.8 Å². The van der Waals surface area contributed by atoms with Gasteiger partial charge in [0.1, 0.15) is 4.99 Å². The number of aliphatic hydroxyl groups is 1. The Morgan fingerprint density at radius 2 is 1.86 bits per heavy atom. The number of ether oxygens (including phenoxy) is 1. The Kier molecular flexibility index (Phi) is 8.91. The van der Waals surface area contributed by atoms with E-state index in [1.807, 2.05) is 6.92 Å². The summed E-state index contributed by atoms with van der Waals surface area (Å²) in [6, 6.07) is -0.845. The first-order valence-corrected chi connectivity index (χ1v) is 10.7. The van der Waals surface area contributed by atoms with Gasteiger partial charge in [-0.3, -0.25) is 0 Å². The highest BCUT2D eigenvalue weighted by atomic mass is 32.1. The van der Waals surface area contributed by atoms with Crippen LogP contribution in [0.1, 0.15) is 58.3 Å². The van der Waals surface area contributed by atoms with Gasteiger partial charge in [-0.05, 0) is 19.3 Å². The van der Waals surface area contributed by atoms with E-state index in [4.69, 9.17) is 17.0 Å². The molecule has 9 heteroatoms. The van der Waals surface area contributed by atoms with E-state index in [1.54, 1.807) is 4.90 Å². The van der Waals surface area contributed by atoms with E-state index in [2.05, 4.69) is 10.6 Å². The first-order valence-electron chi connectivity index (χ1n) is 10.3. The summed E-state index contributed by atoms with van der Waals surface area (Å²) in [6.45, 7) is 4.13. The standard InChI is InChI=1S/C19H33N3O5S/c1-2-3-7-14(15(23)16(24)25)20-17(28)19(8-5-4-6-9-19)21-18(26)22-10-12-27-13-11-22/h14-15,23H,2-13H2,1H3,(H,20,28)(H,21,26)(H,24,25)/t14-,15+/m0/s1. The molecule has 1 heterocycles. The molecule has 2 aliphatic rings. The number of hydrogen-bond donors (Lipinski definition) is 4. The summed E-state index contributed by atoms with van der Waals surface area (Å²) in [5, 5.41) is 25.6. The summed E-state index contributed by atoms with van der Waals surface area (Å²) in [6.07, 6.45) is 4.98. The van der Waals surface area contributed by atoms with Gasteiger partial charge >= 0.3 is 12.0 Å². The number of carboxylic acids is 1. The van der Waals surface area contributed by atoms with Crippen molar-refractivity contribution in [2.75, 3.05) is 26.3 Å². The highest BCUT2D eigenvalue weighted by Gasteiger charge is 2.40. The van der Waals surface area contributed by atoms with E-state index in [0.29, 0.717) is 50.6 Å². The number of unbranched alkanes of at least 4 members (excludes halogenated alkanes) is 1. The van der Waals surface area contributed by atoms with Crippen LogP contribution in [0, 0.1) is 0 Å². The van der Waals surface area contributed by atoms with Crippen molar-refractivity contribution in [2.45, 2.75) is 76.0 Å². The zero-order chi connectivity index (χ0) is 20.6. The Morgan fingerprint density at radius 1 is 1.21 bits per heavy atom. The average Bonchev–Trinajstić information content (AvgIpc) is 2.71. The number of nitrogens with one attached hydrogen (secondary N) is 2. The third-order valence-corrected chi connectivity index (χ3v) is 6.11. The van der Waals surface area contributed by atoms with Crippen molar-refractivity contribution in [2.24, 2.45) is 0 Å². The summed E-state index contributed by atoms with van der Waals surface area (Å²) in [7, 11) is 0. The maximum Gasteiger partial charge on any atom is 0.334 e. The molecule has 0 unspecified atom stereocenters. The Labute approximate surface area is 172 Å². The number of aliphatic carboxylic acids is 1. The molecule has 1 aliphatic heterocycles. The lowest BCUT2D eigenvalue weighted by molar-refractivity contribution is -0.148. The Morgan fingerprint density at radius 3 is 2.43 bits per heavy atom. The van der Waals surface area contributed by atoms with Gasteiger partial charge in [0.25, 0.3) is 0 Å². The van der Waals surface area contributed by atoms with Crippen molar-refractivity contribution < 1.29 is 24.5 Å². The lowest BCUT2D eigenvalue weighted by Gasteiger charge is -2.42. The van der Waals surface area contributed by atoms with Crippen LogP contribution in [-0.4, -0.2) is 76.1 Å². The average molecular weight is 416 g/mol. The van der Waals surface area contributed by atoms with Crippen LogP contribution in [0.3, 0.4) is 0 Å². The number of urea groups is 1. The number of morpholine rings is 1. The molecule has 0 aromatic rings. The molecule has 0 aromatic heterocycles. The molecular weight excluding hydrogens is 382 g/mol. The molecule has 8 nitrogen and oxygen atoms in total. The SMILES string of the molecule is CCCC[C@H](NC(=S)C1(NC(=O)N2CCOCC2)CCCCC1)[C@@H](O)C(=O)O. The van der Waals surface area contributed by atoms with E-state index >= 15 is 0 Å². The van der Waals surface area contributed by atoms with E-state index in [9.17, 15) is 19.8 Å². The van der Waals surface area contributed by atoms with E-state index in [-0.39, 0.29) is 6.03 Å². The molecule has 2 amide bonds. The maximum atomic E-state index is 12.8. The van der Waals surface area contributed by atoms with Crippen LogP contribution in [0.4, 0.5) is 4.79 Å².